The maximum absolute atomic E-state index is 11.6. The highest BCUT2D eigenvalue weighted by molar-refractivity contribution is 5.96. The fourth-order valence-corrected chi connectivity index (χ4v) is 2.25. The monoisotopic (exact) mass is 255 g/mol. The molecule has 1 saturated carbocycles. The molecular formula is C13H25N3O2. The topological polar surface area (TPSA) is 70.2 Å². The molecule has 104 valence electrons. The van der Waals surface area contributed by atoms with E-state index in [1.54, 1.807) is 6.92 Å². The van der Waals surface area contributed by atoms with Crippen LogP contribution < -0.4 is 16.0 Å². The lowest BCUT2D eigenvalue weighted by molar-refractivity contribution is -0.121. The van der Waals surface area contributed by atoms with Crippen LogP contribution in [0, 0.1) is 11.8 Å². The van der Waals surface area contributed by atoms with Crippen LogP contribution in [0.15, 0.2) is 0 Å². The molecule has 1 aliphatic rings. The van der Waals surface area contributed by atoms with E-state index < -0.39 is 6.03 Å². The summed E-state index contributed by atoms with van der Waals surface area (Å²) in [5, 5.41) is 7.84. The zero-order chi connectivity index (χ0) is 13.5. The first-order valence-electron chi connectivity index (χ1n) is 6.79. The minimum atomic E-state index is -0.458. The molecule has 1 rings (SSSR count). The molecule has 0 heterocycles. The van der Waals surface area contributed by atoms with Gasteiger partial charge in [0, 0.05) is 7.05 Å². The Morgan fingerprint density at radius 3 is 2.39 bits per heavy atom. The second-order valence-electron chi connectivity index (χ2n) is 5.32. The van der Waals surface area contributed by atoms with Gasteiger partial charge < -0.3 is 10.6 Å². The molecule has 3 amide bonds. The number of urea groups is 1. The average molecular weight is 255 g/mol. The summed E-state index contributed by atoms with van der Waals surface area (Å²) in [6.45, 7) is 4.93. The lowest BCUT2D eigenvalue weighted by Crippen LogP contribution is -2.48. The number of nitrogens with one attached hydrogen (secondary N) is 3. The molecular weight excluding hydrogens is 230 g/mol. The van der Waals surface area contributed by atoms with Gasteiger partial charge in [-0.1, -0.05) is 19.8 Å². The van der Waals surface area contributed by atoms with E-state index in [0.29, 0.717) is 5.92 Å². The lowest BCUT2D eigenvalue weighted by Gasteiger charge is -2.27. The molecule has 5 nitrogen and oxygen atoms in total. The van der Waals surface area contributed by atoms with Crippen molar-refractivity contribution >= 4 is 11.9 Å². The molecule has 1 aliphatic carbocycles. The van der Waals surface area contributed by atoms with Gasteiger partial charge in [0.15, 0.2) is 0 Å². The van der Waals surface area contributed by atoms with Crippen LogP contribution in [-0.4, -0.2) is 31.6 Å². The standard InChI is InChI=1S/C13H25N3O2/c1-9-4-6-11(7-5-9)8-15-10(2)12(17)16-13(18)14-3/h9-11,15H,4-8H2,1-3H3,(H2,14,16,17,18). The number of amides is 3. The second kappa shape index (κ2) is 7.36. The third-order valence-corrected chi connectivity index (χ3v) is 3.71. The van der Waals surface area contributed by atoms with Crippen molar-refractivity contribution in [3.8, 4) is 0 Å². The maximum Gasteiger partial charge on any atom is 0.321 e. The summed E-state index contributed by atoms with van der Waals surface area (Å²) < 4.78 is 0. The smallest absolute Gasteiger partial charge is 0.321 e. The first-order chi connectivity index (χ1) is 8.52. The van der Waals surface area contributed by atoms with Crippen LogP contribution in [0.5, 0.6) is 0 Å². The van der Waals surface area contributed by atoms with Gasteiger partial charge in [-0.25, -0.2) is 4.79 Å². The quantitative estimate of drug-likeness (QED) is 0.708. The molecule has 18 heavy (non-hydrogen) atoms. The van der Waals surface area contributed by atoms with Crippen molar-refractivity contribution in [3.05, 3.63) is 0 Å². The van der Waals surface area contributed by atoms with E-state index in [4.69, 9.17) is 0 Å². The van der Waals surface area contributed by atoms with Gasteiger partial charge >= 0.3 is 6.03 Å². The fraction of sp³-hybridized carbons (Fsp3) is 0.846. The minimum absolute atomic E-state index is 0.279. The molecule has 1 atom stereocenters. The van der Waals surface area contributed by atoms with Crippen molar-refractivity contribution in [1.29, 1.82) is 0 Å². The predicted octanol–water partition coefficient (Wildman–Crippen LogP) is 1.25. The van der Waals surface area contributed by atoms with Crippen molar-refractivity contribution in [3.63, 3.8) is 0 Å². The number of rotatable bonds is 4. The first-order valence-corrected chi connectivity index (χ1v) is 6.79. The first kappa shape index (κ1) is 15.0. The molecule has 5 heteroatoms. The van der Waals surface area contributed by atoms with Crippen molar-refractivity contribution in [2.24, 2.45) is 11.8 Å². The summed E-state index contributed by atoms with van der Waals surface area (Å²) in [7, 11) is 1.49. The summed E-state index contributed by atoms with van der Waals surface area (Å²) in [6, 6.07) is -0.790. The van der Waals surface area contributed by atoms with Gasteiger partial charge in [-0.05, 0) is 38.1 Å². The minimum Gasteiger partial charge on any atom is -0.341 e. The van der Waals surface area contributed by atoms with Crippen LogP contribution in [0.25, 0.3) is 0 Å². The van der Waals surface area contributed by atoms with Crippen LogP contribution in [0.1, 0.15) is 39.5 Å². The van der Waals surface area contributed by atoms with Gasteiger partial charge in [-0.15, -0.1) is 0 Å². The Kier molecular flexibility index (Phi) is 6.12. The van der Waals surface area contributed by atoms with Crippen LogP contribution in [0.4, 0.5) is 4.79 Å². The molecule has 0 bridgehead atoms. The molecule has 1 fully saturated rings. The highest BCUT2D eigenvalue weighted by atomic mass is 16.2. The Balaban J connectivity index is 2.21. The van der Waals surface area contributed by atoms with E-state index in [1.807, 2.05) is 0 Å². The van der Waals surface area contributed by atoms with Crippen molar-refractivity contribution in [1.82, 2.24) is 16.0 Å². The average Bonchev–Trinajstić information content (AvgIpc) is 2.37. The Bertz CT molecular complexity index is 286. The van der Waals surface area contributed by atoms with Crippen LogP contribution in [0.3, 0.4) is 0 Å². The Labute approximate surface area is 109 Å². The van der Waals surface area contributed by atoms with Gasteiger partial charge in [0.25, 0.3) is 0 Å². The van der Waals surface area contributed by atoms with Gasteiger partial charge in [0.1, 0.15) is 0 Å². The van der Waals surface area contributed by atoms with Gasteiger partial charge in [-0.3, -0.25) is 10.1 Å². The van der Waals surface area contributed by atoms with E-state index >= 15 is 0 Å². The number of hydrogen-bond donors (Lipinski definition) is 3. The molecule has 3 N–H and O–H groups in total. The van der Waals surface area contributed by atoms with Crippen molar-refractivity contribution in [2.45, 2.75) is 45.6 Å². The van der Waals surface area contributed by atoms with E-state index in [2.05, 4.69) is 22.9 Å². The summed E-state index contributed by atoms with van der Waals surface area (Å²) in [6.07, 6.45) is 5.03. The summed E-state index contributed by atoms with van der Waals surface area (Å²) >= 11 is 0. The number of carbonyl (C=O) groups is 2. The third kappa shape index (κ3) is 5.04. The van der Waals surface area contributed by atoms with Gasteiger partial charge in [-0.2, -0.15) is 0 Å². The van der Waals surface area contributed by atoms with Gasteiger partial charge in [0.2, 0.25) is 5.91 Å². The summed E-state index contributed by atoms with van der Waals surface area (Å²) in [5.41, 5.74) is 0. The zero-order valence-electron chi connectivity index (χ0n) is 11.6. The Morgan fingerprint density at radius 1 is 1.22 bits per heavy atom. The molecule has 0 aromatic carbocycles. The molecule has 0 aromatic rings. The van der Waals surface area contributed by atoms with Crippen LogP contribution in [-0.2, 0) is 4.79 Å². The molecule has 0 radical (unpaired) electrons. The Hall–Kier alpha value is -1.10. The van der Waals surface area contributed by atoms with E-state index in [0.717, 1.165) is 12.5 Å². The zero-order valence-corrected chi connectivity index (χ0v) is 11.6. The predicted molar refractivity (Wildman–Crippen MR) is 71.2 cm³/mol. The van der Waals surface area contributed by atoms with E-state index in [1.165, 1.54) is 32.7 Å². The molecule has 0 saturated heterocycles. The normalized spacial score (nSPS) is 25.3. The largest absolute Gasteiger partial charge is 0.341 e. The third-order valence-electron chi connectivity index (χ3n) is 3.71. The molecule has 1 unspecified atom stereocenters. The Morgan fingerprint density at radius 2 is 1.83 bits per heavy atom. The molecule has 0 spiro atoms. The molecule has 0 aliphatic heterocycles. The van der Waals surface area contributed by atoms with Crippen molar-refractivity contribution < 1.29 is 9.59 Å². The summed E-state index contributed by atoms with van der Waals surface area (Å²) in [5.74, 6) is 1.23. The highest BCUT2D eigenvalue weighted by Crippen LogP contribution is 2.27. The van der Waals surface area contributed by atoms with E-state index in [9.17, 15) is 9.59 Å². The number of carbonyl (C=O) groups excluding carboxylic acids is 2. The van der Waals surface area contributed by atoms with Crippen molar-refractivity contribution in [2.75, 3.05) is 13.6 Å². The van der Waals surface area contributed by atoms with E-state index in [-0.39, 0.29) is 11.9 Å². The summed E-state index contributed by atoms with van der Waals surface area (Å²) in [4.78, 5) is 22.6. The lowest BCUT2D eigenvalue weighted by atomic mass is 9.83. The fourth-order valence-electron chi connectivity index (χ4n) is 2.25. The number of imide groups is 1. The van der Waals surface area contributed by atoms with Gasteiger partial charge in [0.05, 0.1) is 6.04 Å². The number of hydrogen-bond acceptors (Lipinski definition) is 3. The van der Waals surface area contributed by atoms with Crippen LogP contribution >= 0.6 is 0 Å². The highest BCUT2D eigenvalue weighted by Gasteiger charge is 2.20. The maximum atomic E-state index is 11.6. The molecule has 0 aromatic heterocycles. The second-order valence-corrected chi connectivity index (χ2v) is 5.32. The van der Waals surface area contributed by atoms with Crippen LogP contribution in [0.2, 0.25) is 0 Å². The SMILES string of the molecule is CNC(=O)NC(=O)C(C)NCC1CCC(C)CC1.